The van der Waals surface area contributed by atoms with E-state index in [9.17, 15) is 0 Å². The van der Waals surface area contributed by atoms with E-state index in [0.29, 0.717) is 0 Å². The van der Waals surface area contributed by atoms with E-state index in [2.05, 4.69) is 73.0 Å². The molecule has 2 nitrogen and oxygen atoms in total. The Morgan fingerprint density at radius 2 is 2.08 bits per heavy atom. The van der Waals surface area contributed by atoms with Crippen LogP contribution >= 0.6 is 11.3 Å². The SMILES string of the molecule is C=C/C(=C\c1c(C)c2cc(CNC)ccc2n1CC)c1sccc1C. The van der Waals surface area contributed by atoms with Gasteiger partial charge < -0.3 is 9.88 Å². The molecule has 0 unspecified atom stereocenters. The Morgan fingerprint density at radius 3 is 2.68 bits per heavy atom. The Hall–Kier alpha value is -2.10. The van der Waals surface area contributed by atoms with Gasteiger partial charge >= 0.3 is 0 Å². The molecule has 25 heavy (non-hydrogen) atoms. The highest BCUT2D eigenvalue weighted by atomic mass is 32.1. The summed E-state index contributed by atoms with van der Waals surface area (Å²) in [6.07, 6.45) is 4.27. The third-order valence-electron chi connectivity index (χ3n) is 4.76. The van der Waals surface area contributed by atoms with Crippen molar-refractivity contribution < 1.29 is 0 Å². The summed E-state index contributed by atoms with van der Waals surface area (Å²) in [5.74, 6) is 0. The van der Waals surface area contributed by atoms with Crippen molar-refractivity contribution in [3.63, 3.8) is 0 Å². The number of fused-ring (bicyclic) bond motifs is 1. The minimum Gasteiger partial charge on any atom is -0.341 e. The van der Waals surface area contributed by atoms with Gasteiger partial charge in [-0.3, -0.25) is 0 Å². The number of rotatable bonds is 6. The van der Waals surface area contributed by atoms with E-state index in [1.54, 1.807) is 11.3 Å². The normalized spacial score (nSPS) is 12.1. The zero-order chi connectivity index (χ0) is 18.0. The fourth-order valence-corrected chi connectivity index (χ4v) is 4.40. The van der Waals surface area contributed by atoms with Crippen LogP contribution in [0.5, 0.6) is 0 Å². The Bertz CT molecular complexity index is 940. The average Bonchev–Trinajstić information content (AvgIpc) is 3.15. The van der Waals surface area contributed by atoms with Crippen molar-refractivity contribution in [1.29, 1.82) is 0 Å². The van der Waals surface area contributed by atoms with Crippen LogP contribution in [-0.2, 0) is 13.1 Å². The first-order valence-electron chi connectivity index (χ1n) is 8.75. The first-order valence-corrected chi connectivity index (χ1v) is 9.63. The summed E-state index contributed by atoms with van der Waals surface area (Å²) >= 11 is 1.78. The van der Waals surface area contributed by atoms with Crippen molar-refractivity contribution >= 4 is 33.9 Å². The second-order valence-corrected chi connectivity index (χ2v) is 7.29. The van der Waals surface area contributed by atoms with Crippen LogP contribution in [0.3, 0.4) is 0 Å². The number of nitrogens with one attached hydrogen (secondary N) is 1. The molecule has 0 saturated heterocycles. The number of aromatic nitrogens is 1. The van der Waals surface area contributed by atoms with Crippen molar-refractivity contribution in [3.05, 3.63) is 69.6 Å². The topological polar surface area (TPSA) is 17.0 Å². The molecule has 0 aliphatic heterocycles. The monoisotopic (exact) mass is 350 g/mol. The third-order valence-corrected chi connectivity index (χ3v) is 5.83. The minimum atomic E-state index is 0.893. The van der Waals surface area contributed by atoms with Crippen molar-refractivity contribution in [3.8, 4) is 0 Å². The molecule has 0 aliphatic rings. The molecule has 0 saturated carbocycles. The standard InChI is InChI=1S/C22H26N2S/c1-6-18(22-15(3)10-11-25-22)13-21-16(4)19-12-17(14-23-5)8-9-20(19)24(21)7-2/h6,8-13,23H,1,7,14H2,2-5H3/b18-13+. The zero-order valence-corrected chi connectivity index (χ0v) is 16.3. The second-order valence-electron chi connectivity index (χ2n) is 6.37. The lowest BCUT2D eigenvalue weighted by Crippen LogP contribution is -2.04. The highest BCUT2D eigenvalue weighted by molar-refractivity contribution is 7.11. The summed E-state index contributed by atoms with van der Waals surface area (Å²) in [6.45, 7) is 12.5. The predicted octanol–water partition coefficient (Wildman–Crippen LogP) is 5.79. The molecule has 3 heteroatoms. The minimum absolute atomic E-state index is 0.893. The number of hydrogen-bond acceptors (Lipinski definition) is 2. The van der Waals surface area contributed by atoms with E-state index in [1.807, 2.05) is 13.1 Å². The van der Waals surface area contributed by atoms with Crippen LogP contribution < -0.4 is 5.32 Å². The van der Waals surface area contributed by atoms with E-state index in [4.69, 9.17) is 0 Å². The van der Waals surface area contributed by atoms with Crippen LogP contribution in [0.25, 0.3) is 22.6 Å². The second kappa shape index (κ2) is 7.42. The van der Waals surface area contributed by atoms with E-state index in [0.717, 1.165) is 13.1 Å². The molecule has 2 heterocycles. The summed E-state index contributed by atoms with van der Waals surface area (Å²) in [4.78, 5) is 1.30. The predicted molar refractivity (Wildman–Crippen MR) is 112 cm³/mol. The Morgan fingerprint density at radius 1 is 1.28 bits per heavy atom. The summed E-state index contributed by atoms with van der Waals surface area (Å²) in [5.41, 5.74) is 7.75. The number of aryl methyl sites for hydroxylation is 3. The molecular weight excluding hydrogens is 324 g/mol. The van der Waals surface area contributed by atoms with Gasteiger partial charge in [0.25, 0.3) is 0 Å². The molecule has 0 fully saturated rings. The average molecular weight is 351 g/mol. The molecule has 1 aromatic carbocycles. The maximum atomic E-state index is 4.05. The molecule has 0 bridgehead atoms. The highest BCUT2D eigenvalue weighted by Gasteiger charge is 2.14. The van der Waals surface area contributed by atoms with Crippen molar-refractivity contribution in [2.45, 2.75) is 33.9 Å². The fourth-order valence-electron chi connectivity index (χ4n) is 3.46. The van der Waals surface area contributed by atoms with Gasteiger partial charge in [0, 0.05) is 34.6 Å². The molecule has 0 spiro atoms. The van der Waals surface area contributed by atoms with Gasteiger partial charge in [0.15, 0.2) is 0 Å². The maximum Gasteiger partial charge on any atom is 0.0487 e. The quantitative estimate of drug-likeness (QED) is 0.557. The van der Waals surface area contributed by atoms with Gasteiger partial charge in [0.2, 0.25) is 0 Å². The van der Waals surface area contributed by atoms with Crippen molar-refractivity contribution in [2.75, 3.05) is 7.05 Å². The summed E-state index contributed by atoms with van der Waals surface area (Å²) in [7, 11) is 1.99. The molecule has 3 aromatic rings. The number of hydrogen-bond donors (Lipinski definition) is 1. The van der Waals surface area contributed by atoms with Gasteiger partial charge in [-0.2, -0.15) is 0 Å². The Balaban J connectivity index is 2.21. The lowest BCUT2D eigenvalue weighted by atomic mass is 10.1. The summed E-state index contributed by atoms with van der Waals surface area (Å²) < 4.78 is 2.40. The van der Waals surface area contributed by atoms with Gasteiger partial charge in [-0.25, -0.2) is 0 Å². The van der Waals surface area contributed by atoms with Gasteiger partial charge in [-0.15, -0.1) is 11.3 Å². The highest BCUT2D eigenvalue weighted by Crippen LogP contribution is 2.32. The van der Waals surface area contributed by atoms with Crippen LogP contribution in [-0.4, -0.2) is 11.6 Å². The molecule has 0 amide bonds. The molecule has 2 aromatic heterocycles. The molecule has 3 rings (SSSR count). The summed E-state index contributed by atoms with van der Waals surface area (Å²) in [6, 6.07) is 8.95. The Labute approximate surface area is 154 Å². The number of benzene rings is 1. The van der Waals surface area contributed by atoms with Crippen LogP contribution in [0.1, 0.15) is 34.2 Å². The molecule has 130 valence electrons. The third kappa shape index (κ3) is 3.22. The molecule has 0 aliphatic carbocycles. The Kier molecular flexibility index (Phi) is 5.26. The number of thiophene rings is 1. The summed E-state index contributed by atoms with van der Waals surface area (Å²) in [5, 5.41) is 6.73. The first-order chi connectivity index (χ1) is 12.1. The number of allylic oxidation sites excluding steroid dienone is 2. The van der Waals surface area contributed by atoms with Gasteiger partial charge in [-0.1, -0.05) is 18.7 Å². The maximum absolute atomic E-state index is 4.05. The van der Waals surface area contributed by atoms with Crippen molar-refractivity contribution in [2.24, 2.45) is 0 Å². The first kappa shape index (κ1) is 17.7. The van der Waals surface area contributed by atoms with Crippen LogP contribution in [0.4, 0.5) is 0 Å². The van der Waals surface area contributed by atoms with E-state index in [-0.39, 0.29) is 0 Å². The van der Waals surface area contributed by atoms with Crippen LogP contribution in [0, 0.1) is 13.8 Å². The molecule has 0 atom stereocenters. The van der Waals surface area contributed by atoms with Crippen LogP contribution in [0.2, 0.25) is 0 Å². The van der Waals surface area contributed by atoms with Gasteiger partial charge in [0.05, 0.1) is 0 Å². The van der Waals surface area contributed by atoms with Crippen molar-refractivity contribution in [1.82, 2.24) is 9.88 Å². The smallest absolute Gasteiger partial charge is 0.0487 e. The number of nitrogens with zero attached hydrogens (tertiary/aromatic N) is 1. The van der Waals surface area contributed by atoms with Gasteiger partial charge in [-0.05, 0) is 79.7 Å². The van der Waals surface area contributed by atoms with E-state index < -0.39 is 0 Å². The van der Waals surface area contributed by atoms with Gasteiger partial charge in [0.1, 0.15) is 0 Å². The lowest BCUT2D eigenvalue weighted by molar-refractivity contribution is 0.786. The fraction of sp³-hybridized carbons (Fsp3) is 0.273. The molecule has 0 radical (unpaired) electrons. The van der Waals surface area contributed by atoms with E-state index >= 15 is 0 Å². The van der Waals surface area contributed by atoms with E-state index in [1.165, 1.54) is 43.7 Å². The zero-order valence-electron chi connectivity index (χ0n) is 15.5. The largest absolute Gasteiger partial charge is 0.341 e. The lowest BCUT2D eigenvalue weighted by Gasteiger charge is -2.08. The van der Waals surface area contributed by atoms with Crippen LogP contribution in [0.15, 0.2) is 42.3 Å². The molecular formula is C22H26N2S. The molecule has 1 N–H and O–H groups in total.